The molecule has 3 N–H and O–H groups in total. The number of carbonyl (C=O) groups is 8. The number of carbonyl (C=O) groups excluding carboxylic acids is 8. The molecule has 4 aliphatic rings. The smallest absolute Gasteiger partial charge is 0.457 e. The second kappa shape index (κ2) is 48.7. The summed E-state index contributed by atoms with van der Waals surface area (Å²) < 4.78 is 68.4. The third kappa shape index (κ3) is 28.5. The van der Waals surface area contributed by atoms with Gasteiger partial charge in [0.2, 0.25) is 17.4 Å². The Labute approximate surface area is 651 Å². The number of hydrogen-bond donors (Lipinski definition) is 2. The molecule has 9 rings (SSSR count). The fraction of sp³-hybridized carbons (Fsp3) is 0.634. The van der Waals surface area contributed by atoms with E-state index in [4.69, 9.17) is 67.6 Å². The van der Waals surface area contributed by atoms with E-state index in [1.165, 1.54) is 11.8 Å². The number of esters is 1. The van der Waals surface area contributed by atoms with Gasteiger partial charge in [-0.15, -0.1) is 5.10 Å². The summed E-state index contributed by atoms with van der Waals surface area (Å²) in [7, 11) is 1.82. The number of nitrogens with zero attached hydrogens (tertiary/aromatic N) is 6. The zero-order chi connectivity index (χ0) is 79.9. The second-order valence-electron chi connectivity index (χ2n) is 28.1. The number of pyridine rings is 2. The Morgan fingerprint density at radius 2 is 1.34 bits per heavy atom. The Morgan fingerprint density at radius 3 is 1.90 bits per heavy atom. The molecular formula is C82H118N8O21. The van der Waals surface area contributed by atoms with Gasteiger partial charge in [-0.25, -0.2) is 14.6 Å². The number of anilines is 1. The summed E-state index contributed by atoms with van der Waals surface area (Å²) in [6, 6.07) is 15.3. The standard InChI is InChI=1S/C32H31N3O6.C31H59NO12.C19H28N4O3/c1-5-21-22-13-18(3)7-12-26(22)34-28-23(21)15-35-27(28)14-25-24(29(35)36)17-39-30(37)32(25,6-2)41-31(38)40-16-19-8-10-20(33-4)11-9-19;1-3-36-11-12-38-15-16-40-19-20-42-23-24-43-22-21-41-18-17-39-14-13-37-10-6-8-30(34)26-44-27-31(35)25-29(28(2)33)7-4-5-9-32;1-3-22-12-16(20-21-22)8-9-17(24)15-6-4-14(5-7-15)11-23-18(25)10-13(2)19(23)26/h7-14,33H,5-6,15-17H2,1-4H3;29H,3-27,32H2,1-2H3;12-15H,3-11H2,1-2H3. The first-order valence-corrected chi connectivity index (χ1v) is 39.5. The molecular weight excluding hydrogens is 1430 g/mol. The number of unbranched alkanes of at least 4 members (excludes halogenated alkanes) is 1. The highest BCUT2D eigenvalue weighted by Gasteiger charge is 2.51. The lowest BCUT2D eigenvalue weighted by Crippen LogP contribution is -2.47. The van der Waals surface area contributed by atoms with Gasteiger partial charge in [0.15, 0.2) is 11.6 Å². The Balaban J connectivity index is 0.000000238. The van der Waals surface area contributed by atoms with E-state index in [0.717, 1.165) is 96.0 Å². The van der Waals surface area contributed by atoms with Gasteiger partial charge in [-0.05, 0) is 139 Å². The van der Waals surface area contributed by atoms with Crippen LogP contribution in [0.1, 0.15) is 164 Å². The van der Waals surface area contributed by atoms with Crippen molar-refractivity contribution in [2.24, 2.45) is 29.4 Å². The van der Waals surface area contributed by atoms with Gasteiger partial charge in [0, 0.05) is 112 Å². The van der Waals surface area contributed by atoms with Crippen molar-refractivity contribution in [2.45, 2.75) is 177 Å². The Hall–Kier alpha value is -8.10. The number of likely N-dealkylation sites (tertiary alicyclic amines) is 1. The van der Waals surface area contributed by atoms with Crippen LogP contribution < -0.4 is 16.6 Å². The quantitative estimate of drug-likeness (QED) is 0.0204. The van der Waals surface area contributed by atoms with Crippen molar-refractivity contribution in [1.29, 1.82) is 0 Å². The maximum Gasteiger partial charge on any atom is 0.510 e. The summed E-state index contributed by atoms with van der Waals surface area (Å²) >= 11 is 0. The van der Waals surface area contributed by atoms with Crippen LogP contribution >= 0.6 is 0 Å². The van der Waals surface area contributed by atoms with Gasteiger partial charge in [-0.2, -0.15) is 0 Å². The molecule has 0 radical (unpaired) electrons. The van der Waals surface area contributed by atoms with E-state index in [1.807, 2.05) is 77.3 Å². The number of cyclic esters (lactones) is 1. The number of benzene rings is 2. The molecule has 1 aliphatic carbocycles. The summed E-state index contributed by atoms with van der Waals surface area (Å²) in [4.78, 5) is 119. The number of fused-ring (bicyclic) bond motifs is 5. The Bertz CT molecular complexity index is 3840. The molecule has 2 aromatic carbocycles. The molecule has 3 aliphatic heterocycles. The minimum Gasteiger partial charge on any atom is -0.457 e. The van der Waals surface area contributed by atoms with E-state index < -0.39 is 17.7 Å². The number of nitrogens with one attached hydrogen (secondary N) is 1. The highest BCUT2D eigenvalue weighted by Crippen LogP contribution is 2.43. The zero-order valence-corrected chi connectivity index (χ0v) is 66.4. The summed E-state index contributed by atoms with van der Waals surface area (Å²) in [5.41, 5.74) is 11.9. The maximum atomic E-state index is 13.8. The van der Waals surface area contributed by atoms with E-state index in [2.05, 4.69) is 28.6 Å². The molecule has 0 spiro atoms. The SMILES string of the molecule is CCOCCOCCOCCOCCOCCOCCOCCOCCCC(=O)COCC(=O)CC(CCCCN)C(C)=O.CCc1c2c(nc3ccc(C)cc13)-c1cc3c(c(=O)n1C2)COC(=O)C3(CC)OC(=O)OCc1ccc(NC)cc1.CCn1cc(CCC(=O)C2CCC(CN3C(=O)CC(C)C3=O)CC2)nn1. The minimum absolute atomic E-state index is 0.00485. The van der Waals surface area contributed by atoms with Gasteiger partial charge in [0.1, 0.15) is 38.0 Å². The summed E-state index contributed by atoms with van der Waals surface area (Å²) in [6.45, 7) is 23.1. The van der Waals surface area contributed by atoms with Gasteiger partial charge in [0.25, 0.3) is 5.56 Å². The third-order valence-electron chi connectivity index (χ3n) is 20.0. The molecule has 3 aromatic heterocycles. The molecule has 111 heavy (non-hydrogen) atoms. The van der Waals surface area contributed by atoms with Gasteiger partial charge in [0.05, 0.1) is 127 Å². The van der Waals surface area contributed by atoms with Crippen molar-refractivity contribution in [2.75, 3.05) is 144 Å². The van der Waals surface area contributed by atoms with Gasteiger partial charge >= 0.3 is 12.1 Å². The monoisotopic (exact) mass is 1550 g/mol. The van der Waals surface area contributed by atoms with Gasteiger partial charge in [-0.3, -0.25) is 43.1 Å². The van der Waals surface area contributed by atoms with Crippen LogP contribution in [-0.4, -0.2) is 216 Å². The molecule has 29 nitrogen and oxygen atoms in total. The topological polar surface area (TPSA) is 354 Å². The van der Waals surface area contributed by atoms with Crippen molar-refractivity contribution < 1.29 is 95.2 Å². The highest BCUT2D eigenvalue weighted by atomic mass is 16.7. The van der Waals surface area contributed by atoms with Crippen molar-refractivity contribution >= 4 is 63.7 Å². The third-order valence-corrected chi connectivity index (χ3v) is 20.0. The first-order valence-electron chi connectivity index (χ1n) is 39.5. The largest absolute Gasteiger partial charge is 0.510 e. The van der Waals surface area contributed by atoms with E-state index in [-0.39, 0.29) is 97.3 Å². The Kier molecular flexibility index (Phi) is 39.6. The number of ether oxygens (including phenoxy) is 12. The molecule has 5 aromatic rings. The predicted molar refractivity (Wildman–Crippen MR) is 413 cm³/mol. The average Bonchev–Trinajstić information content (AvgIpc) is 1.61. The van der Waals surface area contributed by atoms with Crippen LogP contribution in [0.3, 0.4) is 0 Å². The first-order chi connectivity index (χ1) is 53.8. The zero-order valence-electron chi connectivity index (χ0n) is 66.4. The fourth-order valence-corrected chi connectivity index (χ4v) is 13.7. The van der Waals surface area contributed by atoms with Crippen LogP contribution in [0.2, 0.25) is 0 Å². The molecule has 6 heterocycles. The number of aryl methyl sites for hydroxylation is 4. The van der Waals surface area contributed by atoms with Crippen LogP contribution in [0.25, 0.3) is 22.3 Å². The van der Waals surface area contributed by atoms with Crippen LogP contribution in [-0.2, 0) is 135 Å². The number of rotatable bonds is 50. The van der Waals surface area contributed by atoms with Crippen LogP contribution in [0.15, 0.2) is 59.5 Å². The molecule has 3 atom stereocenters. The number of imide groups is 1. The fourth-order valence-electron chi connectivity index (χ4n) is 13.7. The van der Waals surface area contributed by atoms with E-state index >= 15 is 0 Å². The summed E-state index contributed by atoms with van der Waals surface area (Å²) in [5, 5.41) is 12.2. The molecule has 2 fully saturated rings. The first kappa shape index (κ1) is 90.1. The molecule has 29 heteroatoms. The van der Waals surface area contributed by atoms with Crippen molar-refractivity contribution in [3.8, 4) is 11.4 Å². The number of ketones is 4. The number of nitrogens with two attached hydrogens (primary N) is 1. The molecule has 1 saturated heterocycles. The van der Waals surface area contributed by atoms with E-state index in [0.29, 0.717) is 193 Å². The van der Waals surface area contributed by atoms with Gasteiger partial charge < -0.3 is 72.5 Å². The van der Waals surface area contributed by atoms with Crippen LogP contribution in [0.4, 0.5) is 10.5 Å². The Morgan fingerprint density at radius 1 is 0.721 bits per heavy atom. The summed E-state index contributed by atoms with van der Waals surface area (Å²) in [6.07, 6.45) is 10.1. The lowest BCUT2D eigenvalue weighted by Gasteiger charge is -2.35. The number of hydrogen-bond acceptors (Lipinski definition) is 26. The molecule has 1 saturated carbocycles. The van der Waals surface area contributed by atoms with E-state index in [9.17, 15) is 43.2 Å². The van der Waals surface area contributed by atoms with Crippen LogP contribution in [0, 0.1) is 30.6 Å². The normalized spacial score (nSPS) is 17.3. The number of aromatic nitrogens is 5. The predicted octanol–water partition coefficient (Wildman–Crippen LogP) is 9.15. The molecule has 3 unspecified atom stereocenters. The second-order valence-corrected chi connectivity index (χ2v) is 28.1. The lowest BCUT2D eigenvalue weighted by atomic mass is 9.79. The van der Waals surface area contributed by atoms with Crippen molar-refractivity contribution in [3.63, 3.8) is 0 Å². The van der Waals surface area contributed by atoms with E-state index in [1.54, 1.807) is 22.2 Å². The average molecular weight is 1550 g/mol. The maximum absolute atomic E-state index is 13.8. The number of amides is 2. The minimum atomic E-state index is -1.82. The number of Topliss-reactive ketones (excluding diaryl/α,β-unsaturated/α-hetero) is 4. The molecule has 2 amide bonds. The lowest BCUT2D eigenvalue weighted by molar-refractivity contribution is -0.175. The highest BCUT2D eigenvalue weighted by molar-refractivity contribution is 6.03. The van der Waals surface area contributed by atoms with Crippen molar-refractivity contribution in [1.82, 2.24) is 29.4 Å². The molecule has 612 valence electrons. The van der Waals surface area contributed by atoms with Gasteiger partial charge in [-0.1, -0.05) is 56.2 Å². The summed E-state index contributed by atoms with van der Waals surface area (Å²) in [5.74, 6) is -0.804. The molecule has 0 bridgehead atoms. The van der Waals surface area contributed by atoms with Crippen LogP contribution in [0.5, 0.6) is 0 Å². The van der Waals surface area contributed by atoms with Crippen molar-refractivity contribution in [3.05, 3.63) is 104 Å².